The molecule has 1 N–H and O–H groups in total. The molecule has 2 atom stereocenters. The number of methoxy groups -OCH3 is 1. The van der Waals surface area contributed by atoms with Crippen LogP contribution in [0.1, 0.15) is 18.9 Å². The Hall–Kier alpha value is -0.370. The lowest BCUT2D eigenvalue weighted by Crippen LogP contribution is -2.49. The molecule has 1 aliphatic rings. The predicted molar refractivity (Wildman–Crippen MR) is 93.5 cm³/mol. The molecule has 0 aliphatic carbocycles. The molecule has 23 heavy (non-hydrogen) atoms. The van der Waals surface area contributed by atoms with Gasteiger partial charge in [0.1, 0.15) is 0 Å². The van der Waals surface area contributed by atoms with Gasteiger partial charge >= 0.3 is 0 Å². The number of rotatable bonds is 7. The van der Waals surface area contributed by atoms with Gasteiger partial charge in [0, 0.05) is 35.8 Å². The van der Waals surface area contributed by atoms with Crippen molar-refractivity contribution in [3.63, 3.8) is 0 Å². The van der Waals surface area contributed by atoms with Gasteiger partial charge in [0.2, 0.25) is 10.0 Å². The van der Waals surface area contributed by atoms with Crippen molar-refractivity contribution in [3.05, 3.63) is 33.8 Å². The number of sulfonamides is 1. The Labute approximate surface area is 148 Å². The first-order valence-corrected chi connectivity index (χ1v) is 9.86. The minimum atomic E-state index is -3.53. The van der Waals surface area contributed by atoms with Crippen LogP contribution in [0, 0.1) is 0 Å². The van der Waals surface area contributed by atoms with Crippen LogP contribution in [0.4, 0.5) is 0 Å². The highest BCUT2D eigenvalue weighted by Crippen LogP contribution is 2.26. The van der Waals surface area contributed by atoms with Gasteiger partial charge in [-0.1, -0.05) is 29.3 Å². The van der Waals surface area contributed by atoms with Crippen molar-refractivity contribution >= 4 is 33.2 Å². The second kappa shape index (κ2) is 8.14. The van der Waals surface area contributed by atoms with E-state index in [2.05, 4.69) is 5.32 Å². The van der Waals surface area contributed by atoms with Gasteiger partial charge in [-0.15, -0.1) is 0 Å². The molecule has 5 nitrogen and oxygen atoms in total. The Balaban J connectivity index is 2.27. The quantitative estimate of drug-likeness (QED) is 0.789. The highest BCUT2D eigenvalue weighted by molar-refractivity contribution is 7.88. The van der Waals surface area contributed by atoms with Crippen molar-refractivity contribution in [1.29, 1.82) is 0 Å². The zero-order chi connectivity index (χ0) is 17.0. The number of nitrogens with zero attached hydrogens (tertiary/aromatic N) is 1. The van der Waals surface area contributed by atoms with Gasteiger partial charge in [0.25, 0.3) is 0 Å². The van der Waals surface area contributed by atoms with Crippen LogP contribution in [0.3, 0.4) is 0 Å². The van der Waals surface area contributed by atoms with E-state index in [0.29, 0.717) is 28.8 Å². The Morgan fingerprint density at radius 1 is 1.43 bits per heavy atom. The van der Waals surface area contributed by atoms with E-state index in [0.717, 1.165) is 13.0 Å². The first-order valence-electron chi connectivity index (χ1n) is 7.50. The van der Waals surface area contributed by atoms with Crippen LogP contribution in [-0.4, -0.2) is 51.6 Å². The molecule has 1 saturated heterocycles. The van der Waals surface area contributed by atoms with E-state index < -0.39 is 10.0 Å². The van der Waals surface area contributed by atoms with Crippen molar-refractivity contribution in [2.45, 2.75) is 31.2 Å². The second-order valence-corrected chi connectivity index (χ2v) is 8.49. The van der Waals surface area contributed by atoms with E-state index in [9.17, 15) is 8.42 Å². The van der Waals surface area contributed by atoms with Gasteiger partial charge in [-0.2, -0.15) is 4.31 Å². The van der Waals surface area contributed by atoms with Gasteiger partial charge in [0.15, 0.2) is 0 Å². The summed E-state index contributed by atoms with van der Waals surface area (Å²) in [6.45, 7) is 3.69. The zero-order valence-electron chi connectivity index (χ0n) is 13.3. The summed E-state index contributed by atoms with van der Waals surface area (Å²) >= 11 is 12.0. The fourth-order valence-electron chi connectivity index (χ4n) is 2.94. The molecule has 130 valence electrons. The third kappa shape index (κ3) is 4.81. The van der Waals surface area contributed by atoms with Gasteiger partial charge < -0.3 is 10.1 Å². The maximum atomic E-state index is 13.0. The lowest BCUT2D eigenvalue weighted by molar-refractivity contribution is 0.126. The summed E-state index contributed by atoms with van der Waals surface area (Å²) in [6.07, 6.45) is 0.793. The first kappa shape index (κ1) is 19.0. The molecule has 0 radical (unpaired) electrons. The molecule has 2 unspecified atom stereocenters. The Kier molecular flexibility index (Phi) is 6.71. The Morgan fingerprint density at radius 3 is 2.74 bits per heavy atom. The Morgan fingerprint density at radius 2 is 2.17 bits per heavy atom. The van der Waals surface area contributed by atoms with E-state index in [-0.39, 0.29) is 17.8 Å². The van der Waals surface area contributed by atoms with Crippen LogP contribution in [0.5, 0.6) is 0 Å². The molecule has 0 saturated carbocycles. The standard InChI is InChI=1S/C15H22Cl2N2O3S/c1-11(9-22-2)19(14-5-6-18-8-14)23(20,21)10-12-3-4-13(16)7-15(12)17/h3-4,7,11,14,18H,5-6,8-10H2,1-2H3. The fraction of sp³-hybridized carbons (Fsp3) is 0.600. The normalized spacial score (nSPS) is 20.1. The zero-order valence-corrected chi connectivity index (χ0v) is 15.6. The van der Waals surface area contributed by atoms with Gasteiger partial charge in [-0.25, -0.2) is 8.42 Å². The summed E-state index contributed by atoms with van der Waals surface area (Å²) < 4.78 is 32.7. The van der Waals surface area contributed by atoms with Crippen molar-refractivity contribution in [3.8, 4) is 0 Å². The van der Waals surface area contributed by atoms with Crippen LogP contribution in [0.15, 0.2) is 18.2 Å². The maximum absolute atomic E-state index is 13.0. The van der Waals surface area contributed by atoms with Gasteiger partial charge in [-0.3, -0.25) is 0 Å². The highest BCUT2D eigenvalue weighted by Gasteiger charge is 2.36. The van der Waals surface area contributed by atoms with Crippen LogP contribution in [0.25, 0.3) is 0 Å². The summed E-state index contributed by atoms with van der Waals surface area (Å²) in [5, 5.41) is 4.07. The molecule has 1 fully saturated rings. The van der Waals surface area contributed by atoms with Crippen molar-refractivity contribution < 1.29 is 13.2 Å². The van der Waals surface area contributed by atoms with Crippen molar-refractivity contribution in [2.24, 2.45) is 0 Å². The molecule has 0 spiro atoms. The van der Waals surface area contributed by atoms with E-state index in [1.54, 1.807) is 29.6 Å². The van der Waals surface area contributed by atoms with E-state index in [1.807, 2.05) is 6.92 Å². The van der Waals surface area contributed by atoms with Gasteiger partial charge in [0.05, 0.1) is 12.4 Å². The second-order valence-electron chi connectivity index (χ2n) is 5.77. The smallest absolute Gasteiger partial charge is 0.218 e. The number of benzene rings is 1. The summed E-state index contributed by atoms with van der Waals surface area (Å²) in [7, 11) is -1.96. The number of ether oxygens (including phenoxy) is 1. The predicted octanol–water partition coefficient (Wildman–Crippen LogP) is 2.52. The van der Waals surface area contributed by atoms with Gasteiger partial charge in [-0.05, 0) is 37.6 Å². The molecule has 0 bridgehead atoms. The molecule has 1 heterocycles. The molecule has 8 heteroatoms. The molecular weight excluding hydrogens is 359 g/mol. The van der Waals surface area contributed by atoms with E-state index >= 15 is 0 Å². The summed E-state index contributed by atoms with van der Waals surface area (Å²) in [4.78, 5) is 0. The maximum Gasteiger partial charge on any atom is 0.218 e. The topological polar surface area (TPSA) is 58.6 Å². The summed E-state index contributed by atoms with van der Waals surface area (Å²) in [5.41, 5.74) is 0.552. The third-order valence-electron chi connectivity index (χ3n) is 3.91. The van der Waals surface area contributed by atoms with Crippen molar-refractivity contribution in [1.82, 2.24) is 9.62 Å². The molecule has 1 aromatic rings. The van der Waals surface area contributed by atoms with Crippen LogP contribution in [0.2, 0.25) is 10.0 Å². The molecule has 2 rings (SSSR count). The third-order valence-corrected chi connectivity index (χ3v) is 6.47. The van der Waals surface area contributed by atoms with E-state index in [1.165, 1.54) is 0 Å². The monoisotopic (exact) mass is 380 g/mol. The summed E-state index contributed by atoms with van der Waals surface area (Å²) in [5.74, 6) is -0.145. The first-order chi connectivity index (χ1) is 10.8. The molecule has 0 aromatic heterocycles. The largest absolute Gasteiger partial charge is 0.383 e. The molecule has 1 aromatic carbocycles. The average molecular weight is 381 g/mol. The summed E-state index contributed by atoms with van der Waals surface area (Å²) in [6, 6.07) is 4.58. The minimum Gasteiger partial charge on any atom is -0.383 e. The number of hydrogen-bond donors (Lipinski definition) is 1. The molecular formula is C15H22Cl2N2O3S. The number of hydrogen-bond acceptors (Lipinski definition) is 4. The van der Waals surface area contributed by atoms with Crippen LogP contribution in [-0.2, 0) is 20.5 Å². The van der Waals surface area contributed by atoms with Crippen molar-refractivity contribution in [2.75, 3.05) is 26.8 Å². The van der Waals surface area contributed by atoms with Crippen LogP contribution >= 0.6 is 23.2 Å². The van der Waals surface area contributed by atoms with Crippen LogP contribution < -0.4 is 5.32 Å². The Bertz CT molecular complexity index is 634. The fourth-order valence-corrected chi connectivity index (χ4v) is 5.53. The number of nitrogens with one attached hydrogen (secondary N) is 1. The molecule has 0 amide bonds. The average Bonchev–Trinajstić information content (AvgIpc) is 2.95. The number of halogens is 2. The highest BCUT2D eigenvalue weighted by atomic mass is 35.5. The minimum absolute atomic E-state index is 0.0591. The van der Waals surface area contributed by atoms with E-state index in [4.69, 9.17) is 27.9 Å². The lowest BCUT2D eigenvalue weighted by atomic mass is 10.2. The lowest BCUT2D eigenvalue weighted by Gasteiger charge is -2.33. The molecule has 1 aliphatic heterocycles. The SMILES string of the molecule is COCC(C)N(C1CCNC1)S(=O)(=O)Cc1ccc(Cl)cc1Cl.